The molecule has 9 heteroatoms. The van der Waals surface area contributed by atoms with E-state index in [1.165, 1.54) is 10.6 Å². The fourth-order valence-corrected chi connectivity index (χ4v) is 3.06. The molecular formula is C14H10ClF2N3O3. The van der Waals surface area contributed by atoms with E-state index in [9.17, 15) is 23.7 Å². The van der Waals surface area contributed by atoms with E-state index in [0.29, 0.717) is 25.1 Å². The SMILES string of the molecule is O=C(Nc1ccc(F)c(F)c1)c1c(Cl)c([N+](=O)[O-])c2n1CCC2. The molecule has 1 aromatic carbocycles. The molecule has 1 aliphatic rings. The van der Waals surface area contributed by atoms with Crippen molar-refractivity contribution >= 4 is 28.9 Å². The maximum Gasteiger partial charge on any atom is 0.309 e. The average Bonchev–Trinajstić information content (AvgIpc) is 3.01. The Morgan fingerprint density at radius 1 is 1.35 bits per heavy atom. The minimum atomic E-state index is -1.11. The van der Waals surface area contributed by atoms with Crippen LogP contribution in [0.25, 0.3) is 0 Å². The molecule has 2 aromatic rings. The van der Waals surface area contributed by atoms with Crippen LogP contribution in [0.2, 0.25) is 5.02 Å². The Kier molecular flexibility index (Phi) is 3.77. The molecule has 0 radical (unpaired) electrons. The maximum absolute atomic E-state index is 13.2. The van der Waals surface area contributed by atoms with Crippen molar-refractivity contribution in [2.45, 2.75) is 19.4 Å². The zero-order valence-electron chi connectivity index (χ0n) is 11.6. The molecule has 1 amide bonds. The van der Waals surface area contributed by atoms with Gasteiger partial charge in [-0.05, 0) is 25.0 Å². The first-order chi connectivity index (χ1) is 10.9. The normalized spacial score (nSPS) is 13.0. The summed E-state index contributed by atoms with van der Waals surface area (Å²) in [5.41, 5.74) is 0.104. The van der Waals surface area contributed by atoms with Gasteiger partial charge in [0.05, 0.1) is 10.6 Å². The van der Waals surface area contributed by atoms with Crippen molar-refractivity contribution in [3.63, 3.8) is 0 Å². The fourth-order valence-electron chi connectivity index (χ4n) is 2.70. The lowest BCUT2D eigenvalue weighted by atomic mass is 10.2. The monoisotopic (exact) mass is 341 g/mol. The Morgan fingerprint density at radius 3 is 2.74 bits per heavy atom. The lowest BCUT2D eigenvalue weighted by Gasteiger charge is -2.08. The Hall–Kier alpha value is -2.48. The molecule has 1 N–H and O–H groups in total. The number of rotatable bonds is 3. The third-order valence-electron chi connectivity index (χ3n) is 3.66. The number of hydrogen-bond donors (Lipinski definition) is 1. The summed E-state index contributed by atoms with van der Waals surface area (Å²) in [6.07, 6.45) is 1.12. The lowest BCUT2D eigenvalue weighted by Crippen LogP contribution is -2.17. The van der Waals surface area contributed by atoms with Crippen LogP contribution in [0.15, 0.2) is 18.2 Å². The number of aromatic nitrogens is 1. The predicted molar refractivity (Wildman–Crippen MR) is 78.7 cm³/mol. The van der Waals surface area contributed by atoms with Crippen molar-refractivity contribution in [1.82, 2.24) is 4.57 Å². The molecule has 0 saturated carbocycles. The molecule has 0 saturated heterocycles. The van der Waals surface area contributed by atoms with Gasteiger partial charge in [0.1, 0.15) is 10.7 Å². The molecule has 0 aliphatic carbocycles. The van der Waals surface area contributed by atoms with E-state index in [4.69, 9.17) is 11.6 Å². The molecule has 0 spiro atoms. The first kappa shape index (κ1) is 15.4. The van der Waals surface area contributed by atoms with Crippen LogP contribution < -0.4 is 5.32 Å². The van der Waals surface area contributed by atoms with Gasteiger partial charge in [-0.15, -0.1) is 0 Å². The summed E-state index contributed by atoms with van der Waals surface area (Å²) in [6, 6.07) is 2.88. The number of nitrogens with one attached hydrogen (secondary N) is 1. The summed E-state index contributed by atoms with van der Waals surface area (Å²) in [6.45, 7) is 0.434. The molecule has 6 nitrogen and oxygen atoms in total. The minimum absolute atomic E-state index is 0.0289. The second kappa shape index (κ2) is 5.62. The minimum Gasteiger partial charge on any atom is -0.333 e. The van der Waals surface area contributed by atoms with Crippen molar-refractivity contribution in [2.75, 3.05) is 5.32 Å². The van der Waals surface area contributed by atoms with Crippen molar-refractivity contribution in [2.24, 2.45) is 0 Å². The fraction of sp³-hybridized carbons (Fsp3) is 0.214. The third kappa shape index (κ3) is 2.55. The molecule has 0 bridgehead atoms. The number of nitrogens with zero attached hydrogens (tertiary/aromatic N) is 2. The van der Waals surface area contributed by atoms with E-state index in [1.54, 1.807) is 0 Å². The Morgan fingerprint density at radius 2 is 2.09 bits per heavy atom. The van der Waals surface area contributed by atoms with Crippen molar-refractivity contribution in [3.05, 3.63) is 56.4 Å². The van der Waals surface area contributed by atoms with Gasteiger partial charge in [0.2, 0.25) is 0 Å². The van der Waals surface area contributed by atoms with E-state index < -0.39 is 22.5 Å². The van der Waals surface area contributed by atoms with Crippen LogP contribution >= 0.6 is 11.6 Å². The third-order valence-corrected chi connectivity index (χ3v) is 4.01. The Bertz CT molecular complexity index is 835. The van der Waals surface area contributed by atoms with Crippen LogP contribution in [0.3, 0.4) is 0 Å². The number of benzene rings is 1. The summed E-state index contributed by atoms with van der Waals surface area (Å²) >= 11 is 6.00. The maximum atomic E-state index is 13.2. The van der Waals surface area contributed by atoms with Gasteiger partial charge in [0.15, 0.2) is 11.6 Å². The van der Waals surface area contributed by atoms with Crippen molar-refractivity contribution < 1.29 is 18.5 Å². The number of amides is 1. The topological polar surface area (TPSA) is 77.2 Å². The number of nitro groups is 1. The van der Waals surface area contributed by atoms with Crippen LogP contribution in [0.4, 0.5) is 20.2 Å². The van der Waals surface area contributed by atoms with Gasteiger partial charge in [-0.25, -0.2) is 8.78 Å². The number of anilines is 1. The summed E-state index contributed by atoms with van der Waals surface area (Å²) < 4.78 is 27.6. The van der Waals surface area contributed by atoms with Gasteiger partial charge in [0, 0.05) is 18.3 Å². The molecule has 0 unspecified atom stereocenters. The van der Waals surface area contributed by atoms with Crippen LogP contribution in [0.5, 0.6) is 0 Å². The molecule has 0 atom stereocenters. The quantitative estimate of drug-likeness (QED) is 0.685. The molecule has 1 aliphatic heterocycles. The average molecular weight is 342 g/mol. The summed E-state index contributed by atoms with van der Waals surface area (Å²) in [5.74, 6) is -2.86. The van der Waals surface area contributed by atoms with Crippen LogP contribution in [0.1, 0.15) is 22.6 Å². The second-order valence-electron chi connectivity index (χ2n) is 5.05. The van der Waals surface area contributed by atoms with Crippen LogP contribution in [-0.2, 0) is 13.0 Å². The highest BCUT2D eigenvalue weighted by Crippen LogP contribution is 2.39. The molecule has 120 valence electrons. The molecule has 0 fully saturated rings. The van der Waals surface area contributed by atoms with Crippen LogP contribution in [-0.4, -0.2) is 15.4 Å². The zero-order valence-corrected chi connectivity index (χ0v) is 12.4. The summed E-state index contributed by atoms with van der Waals surface area (Å²) in [5, 5.41) is 13.3. The van der Waals surface area contributed by atoms with Crippen LogP contribution in [0, 0.1) is 21.7 Å². The largest absolute Gasteiger partial charge is 0.333 e. The van der Waals surface area contributed by atoms with Gasteiger partial charge >= 0.3 is 5.69 Å². The Balaban J connectivity index is 1.98. The first-order valence-electron chi connectivity index (χ1n) is 6.71. The number of carbonyl (C=O) groups is 1. The van der Waals surface area contributed by atoms with Gasteiger partial charge in [-0.3, -0.25) is 14.9 Å². The molecule has 3 rings (SSSR count). The standard InChI is InChI=1S/C14H10ClF2N3O3/c15-11-12(20(22)23)10-2-1-5-19(10)13(11)14(21)18-7-3-4-8(16)9(17)6-7/h3-4,6H,1-2,5H2,(H,18,21). The number of fused-ring (bicyclic) bond motifs is 1. The van der Waals surface area contributed by atoms with Gasteiger partial charge in [-0.2, -0.15) is 0 Å². The van der Waals surface area contributed by atoms with E-state index in [1.807, 2.05) is 0 Å². The highest BCUT2D eigenvalue weighted by atomic mass is 35.5. The van der Waals surface area contributed by atoms with E-state index in [-0.39, 0.29) is 22.1 Å². The number of hydrogen-bond acceptors (Lipinski definition) is 3. The summed E-state index contributed by atoms with van der Waals surface area (Å²) in [4.78, 5) is 22.9. The smallest absolute Gasteiger partial charge is 0.309 e. The number of carbonyl (C=O) groups excluding carboxylic acids is 1. The molecule has 2 heterocycles. The van der Waals surface area contributed by atoms with Crippen molar-refractivity contribution in [3.8, 4) is 0 Å². The lowest BCUT2D eigenvalue weighted by molar-refractivity contribution is -0.385. The predicted octanol–water partition coefficient (Wildman–Crippen LogP) is 3.53. The van der Waals surface area contributed by atoms with Crippen molar-refractivity contribution in [1.29, 1.82) is 0 Å². The molecule has 23 heavy (non-hydrogen) atoms. The zero-order chi connectivity index (χ0) is 16.7. The van der Waals surface area contributed by atoms with E-state index >= 15 is 0 Å². The van der Waals surface area contributed by atoms with E-state index in [0.717, 1.165) is 12.1 Å². The highest BCUT2D eigenvalue weighted by Gasteiger charge is 2.35. The second-order valence-corrected chi connectivity index (χ2v) is 5.43. The number of halogens is 3. The molecular weight excluding hydrogens is 332 g/mol. The highest BCUT2D eigenvalue weighted by molar-refractivity contribution is 6.36. The summed E-state index contributed by atoms with van der Waals surface area (Å²) in [7, 11) is 0. The van der Waals surface area contributed by atoms with E-state index in [2.05, 4.69) is 5.32 Å². The Labute approximate surface area is 133 Å². The van der Waals surface area contributed by atoms with Gasteiger partial charge < -0.3 is 9.88 Å². The molecule has 1 aromatic heterocycles. The van der Waals surface area contributed by atoms with Gasteiger partial charge in [0.25, 0.3) is 5.91 Å². The first-order valence-corrected chi connectivity index (χ1v) is 7.09. The van der Waals surface area contributed by atoms with Gasteiger partial charge in [-0.1, -0.05) is 11.6 Å².